The quantitative estimate of drug-likeness (QED) is 0.944. The van der Waals surface area contributed by atoms with Crippen molar-refractivity contribution >= 4 is 33.2 Å². The van der Waals surface area contributed by atoms with Crippen molar-refractivity contribution in [3.8, 4) is 0 Å². The number of hydrogen-bond acceptors (Lipinski definition) is 3. The summed E-state index contributed by atoms with van der Waals surface area (Å²) in [4.78, 5) is 15.8. The summed E-state index contributed by atoms with van der Waals surface area (Å²) in [7, 11) is 0. The van der Waals surface area contributed by atoms with Crippen LogP contribution in [0.5, 0.6) is 0 Å². The average Bonchev–Trinajstić information content (AvgIpc) is 2.82. The van der Waals surface area contributed by atoms with E-state index in [-0.39, 0.29) is 11.9 Å². The fourth-order valence-corrected chi connectivity index (χ4v) is 2.66. The van der Waals surface area contributed by atoms with Crippen molar-refractivity contribution in [2.24, 2.45) is 0 Å². The third-order valence-electron chi connectivity index (χ3n) is 2.38. The Hall–Kier alpha value is -1.20. The normalized spacial score (nSPS) is 12.1. The molecule has 0 aliphatic rings. The number of carbonyl (C=O) groups is 1. The van der Waals surface area contributed by atoms with Gasteiger partial charge in [0.2, 0.25) is 0 Å². The summed E-state index contributed by atoms with van der Waals surface area (Å²) in [6, 6.07) is 7.78. The first kappa shape index (κ1) is 12.3. The molecule has 0 bridgehead atoms. The van der Waals surface area contributed by atoms with Gasteiger partial charge in [0.05, 0.1) is 11.6 Å². The molecule has 0 aliphatic carbocycles. The number of hydrogen-bond donors (Lipinski definition) is 1. The first-order chi connectivity index (χ1) is 8.18. The van der Waals surface area contributed by atoms with E-state index >= 15 is 0 Å². The first-order valence-electron chi connectivity index (χ1n) is 5.12. The van der Waals surface area contributed by atoms with Crippen LogP contribution in [-0.2, 0) is 0 Å². The van der Waals surface area contributed by atoms with Crippen molar-refractivity contribution in [1.29, 1.82) is 0 Å². The van der Waals surface area contributed by atoms with E-state index in [4.69, 9.17) is 0 Å². The van der Waals surface area contributed by atoms with Gasteiger partial charge < -0.3 is 5.32 Å². The molecule has 0 radical (unpaired) electrons. The standard InChI is InChI=1S/C12H11BrN2OS/c1-8(9-4-2-3-5-10(9)13)15-12(16)11-6-17-7-14-11/h2-8H,1H3,(H,15,16). The van der Waals surface area contributed by atoms with E-state index in [0.29, 0.717) is 5.69 Å². The van der Waals surface area contributed by atoms with Crippen molar-refractivity contribution < 1.29 is 4.79 Å². The molecule has 2 aromatic rings. The summed E-state index contributed by atoms with van der Waals surface area (Å²) in [5, 5.41) is 4.65. The number of amides is 1. The Balaban J connectivity index is 2.10. The zero-order chi connectivity index (χ0) is 12.3. The van der Waals surface area contributed by atoms with Gasteiger partial charge >= 0.3 is 0 Å². The predicted octanol–water partition coefficient (Wildman–Crippen LogP) is 3.40. The number of carbonyl (C=O) groups excluding carboxylic acids is 1. The van der Waals surface area contributed by atoms with Gasteiger partial charge in [0.25, 0.3) is 5.91 Å². The van der Waals surface area contributed by atoms with Crippen molar-refractivity contribution in [3.05, 3.63) is 50.9 Å². The molecule has 0 spiro atoms. The summed E-state index contributed by atoms with van der Waals surface area (Å²) in [5.41, 5.74) is 3.17. The van der Waals surface area contributed by atoms with Crippen molar-refractivity contribution in [2.45, 2.75) is 13.0 Å². The van der Waals surface area contributed by atoms with Crippen LogP contribution in [0, 0.1) is 0 Å². The molecule has 1 amide bonds. The highest BCUT2D eigenvalue weighted by atomic mass is 79.9. The second kappa shape index (κ2) is 5.42. The van der Waals surface area contributed by atoms with Gasteiger partial charge in [-0.2, -0.15) is 0 Å². The minimum Gasteiger partial charge on any atom is -0.344 e. The Kier molecular flexibility index (Phi) is 3.91. The monoisotopic (exact) mass is 310 g/mol. The smallest absolute Gasteiger partial charge is 0.271 e. The molecule has 17 heavy (non-hydrogen) atoms. The molecule has 3 nitrogen and oxygen atoms in total. The predicted molar refractivity (Wildman–Crippen MR) is 72.1 cm³/mol. The number of halogens is 1. The first-order valence-corrected chi connectivity index (χ1v) is 6.85. The highest BCUT2D eigenvalue weighted by Gasteiger charge is 2.14. The summed E-state index contributed by atoms with van der Waals surface area (Å²) in [6.45, 7) is 1.95. The molecule has 0 fully saturated rings. The van der Waals surface area contributed by atoms with Crippen LogP contribution < -0.4 is 5.32 Å². The highest BCUT2D eigenvalue weighted by Crippen LogP contribution is 2.22. The van der Waals surface area contributed by atoms with Crippen LogP contribution >= 0.6 is 27.3 Å². The van der Waals surface area contributed by atoms with Crippen LogP contribution in [-0.4, -0.2) is 10.9 Å². The van der Waals surface area contributed by atoms with E-state index in [2.05, 4.69) is 26.2 Å². The molecular formula is C12H11BrN2OS. The van der Waals surface area contributed by atoms with Crippen LogP contribution in [0.25, 0.3) is 0 Å². The fraction of sp³-hybridized carbons (Fsp3) is 0.167. The maximum absolute atomic E-state index is 11.8. The van der Waals surface area contributed by atoms with Crippen LogP contribution in [0.4, 0.5) is 0 Å². The van der Waals surface area contributed by atoms with Crippen LogP contribution in [0.2, 0.25) is 0 Å². The Morgan fingerprint density at radius 2 is 2.24 bits per heavy atom. The topological polar surface area (TPSA) is 42.0 Å². The molecule has 0 saturated heterocycles. The van der Waals surface area contributed by atoms with Crippen LogP contribution in [0.15, 0.2) is 39.6 Å². The molecule has 5 heteroatoms. The molecule has 88 valence electrons. The van der Waals surface area contributed by atoms with E-state index < -0.39 is 0 Å². The molecule has 2 rings (SSSR count). The van der Waals surface area contributed by atoms with Gasteiger partial charge in [-0.25, -0.2) is 4.98 Å². The number of nitrogens with zero attached hydrogens (tertiary/aromatic N) is 1. The van der Waals surface area contributed by atoms with Crippen LogP contribution in [0.3, 0.4) is 0 Å². The summed E-state index contributed by atoms with van der Waals surface area (Å²) >= 11 is 4.88. The summed E-state index contributed by atoms with van der Waals surface area (Å²) in [5.74, 6) is -0.144. The lowest BCUT2D eigenvalue weighted by Crippen LogP contribution is -2.27. The average molecular weight is 311 g/mol. The van der Waals surface area contributed by atoms with Gasteiger partial charge in [0, 0.05) is 9.85 Å². The Labute approximate surface area is 112 Å². The molecule has 1 aromatic carbocycles. The highest BCUT2D eigenvalue weighted by molar-refractivity contribution is 9.10. The summed E-state index contributed by atoms with van der Waals surface area (Å²) in [6.07, 6.45) is 0. The lowest BCUT2D eigenvalue weighted by Gasteiger charge is -2.14. The lowest BCUT2D eigenvalue weighted by atomic mass is 10.1. The van der Waals surface area contributed by atoms with Crippen molar-refractivity contribution in [1.82, 2.24) is 10.3 Å². The third kappa shape index (κ3) is 2.92. The van der Waals surface area contributed by atoms with Gasteiger partial charge in [0.15, 0.2) is 0 Å². The number of benzene rings is 1. The molecule has 0 aliphatic heterocycles. The molecule has 1 atom stereocenters. The second-order valence-corrected chi connectivity index (χ2v) is 5.16. The molecule has 1 heterocycles. The number of thiazole rings is 1. The fourth-order valence-electron chi connectivity index (χ4n) is 1.50. The Bertz CT molecular complexity index is 513. The number of nitrogens with one attached hydrogen (secondary N) is 1. The molecule has 1 N–H and O–H groups in total. The van der Waals surface area contributed by atoms with Crippen molar-refractivity contribution in [2.75, 3.05) is 0 Å². The van der Waals surface area contributed by atoms with Gasteiger partial charge in [-0.3, -0.25) is 4.79 Å². The Morgan fingerprint density at radius 1 is 1.47 bits per heavy atom. The zero-order valence-corrected chi connectivity index (χ0v) is 11.6. The van der Waals surface area contributed by atoms with E-state index in [1.54, 1.807) is 10.9 Å². The maximum Gasteiger partial charge on any atom is 0.271 e. The molecule has 1 unspecified atom stereocenters. The van der Waals surface area contributed by atoms with Gasteiger partial charge in [-0.1, -0.05) is 34.1 Å². The SMILES string of the molecule is CC(NC(=O)c1cscn1)c1ccccc1Br. The Morgan fingerprint density at radius 3 is 2.88 bits per heavy atom. The van der Waals surface area contributed by atoms with E-state index in [0.717, 1.165) is 10.0 Å². The van der Waals surface area contributed by atoms with Crippen LogP contribution in [0.1, 0.15) is 29.0 Å². The second-order valence-electron chi connectivity index (χ2n) is 3.59. The zero-order valence-electron chi connectivity index (χ0n) is 9.18. The number of rotatable bonds is 3. The maximum atomic E-state index is 11.8. The third-order valence-corrected chi connectivity index (χ3v) is 3.69. The summed E-state index contributed by atoms with van der Waals surface area (Å²) < 4.78 is 0.992. The minimum atomic E-state index is -0.144. The largest absolute Gasteiger partial charge is 0.344 e. The van der Waals surface area contributed by atoms with Gasteiger partial charge in [-0.15, -0.1) is 11.3 Å². The van der Waals surface area contributed by atoms with Gasteiger partial charge in [0.1, 0.15) is 5.69 Å². The number of aromatic nitrogens is 1. The lowest BCUT2D eigenvalue weighted by molar-refractivity contribution is 0.0935. The molecule has 0 saturated carbocycles. The minimum absolute atomic E-state index is 0.0558. The van der Waals surface area contributed by atoms with Crippen molar-refractivity contribution in [3.63, 3.8) is 0 Å². The van der Waals surface area contributed by atoms with E-state index in [1.807, 2.05) is 31.2 Å². The molecular weight excluding hydrogens is 300 g/mol. The van der Waals surface area contributed by atoms with Gasteiger partial charge in [-0.05, 0) is 18.6 Å². The van der Waals surface area contributed by atoms with E-state index in [1.165, 1.54) is 11.3 Å². The molecule has 1 aromatic heterocycles. The van der Waals surface area contributed by atoms with E-state index in [9.17, 15) is 4.79 Å².